The molecule has 1 aromatic carbocycles. The highest BCUT2D eigenvalue weighted by Crippen LogP contribution is 2.18. The molecule has 0 saturated carbocycles. The first-order valence-corrected chi connectivity index (χ1v) is 7.71. The highest BCUT2D eigenvalue weighted by atomic mass is 16.2. The summed E-state index contributed by atoms with van der Waals surface area (Å²) in [7, 11) is 1.87. The van der Waals surface area contributed by atoms with E-state index in [4.69, 9.17) is 0 Å². The molecular formula is C16H24N4O2. The smallest absolute Gasteiger partial charge is 0.318 e. The molecule has 6 heteroatoms. The van der Waals surface area contributed by atoms with Crippen molar-refractivity contribution in [2.45, 2.75) is 19.4 Å². The van der Waals surface area contributed by atoms with Crippen LogP contribution in [0.4, 0.5) is 4.79 Å². The number of benzene rings is 1. The molecule has 3 amide bonds. The summed E-state index contributed by atoms with van der Waals surface area (Å²) in [6, 6.07) is 7.97. The standard InChI is InChI=1S/C16H24N4O2/c1-17-8-4-9-18-15(21)11-19-16(22)20-10-7-13-5-2-3-6-14(13)12-20/h2-3,5-6,17H,4,7-12H2,1H3,(H,18,21)(H,19,22). The predicted octanol–water partition coefficient (Wildman–Crippen LogP) is 0.480. The first kappa shape index (κ1) is 16.3. The van der Waals surface area contributed by atoms with Crippen molar-refractivity contribution in [3.05, 3.63) is 35.4 Å². The largest absolute Gasteiger partial charge is 0.355 e. The zero-order valence-electron chi connectivity index (χ0n) is 13.0. The van der Waals surface area contributed by atoms with E-state index in [0.29, 0.717) is 19.6 Å². The highest BCUT2D eigenvalue weighted by molar-refractivity contribution is 5.84. The van der Waals surface area contributed by atoms with Crippen LogP contribution in [-0.4, -0.2) is 50.1 Å². The van der Waals surface area contributed by atoms with Crippen LogP contribution in [0.25, 0.3) is 0 Å². The number of carbonyl (C=O) groups is 2. The van der Waals surface area contributed by atoms with Gasteiger partial charge in [0.15, 0.2) is 0 Å². The molecule has 120 valence electrons. The molecule has 0 spiro atoms. The summed E-state index contributed by atoms with van der Waals surface area (Å²) in [5, 5.41) is 8.48. The third-order valence-corrected chi connectivity index (χ3v) is 3.74. The lowest BCUT2D eigenvalue weighted by molar-refractivity contribution is -0.120. The van der Waals surface area contributed by atoms with Gasteiger partial charge in [0.1, 0.15) is 0 Å². The zero-order chi connectivity index (χ0) is 15.8. The third kappa shape index (κ3) is 4.73. The van der Waals surface area contributed by atoms with Gasteiger partial charge in [-0.3, -0.25) is 4.79 Å². The van der Waals surface area contributed by atoms with Gasteiger partial charge >= 0.3 is 6.03 Å². The van der Waals surface area contributed by atoms with Gasteiger partial charge in [-0.25, -0.2) is 4.79 Å². The Morgan fingerprint density at radius 3 is 2.68 bits per heavy atom. The number of fused-ring (bicyclic) bond motifs is 1. The van der Waals surface area contributed by atoms with Crippen molar-refractivity contribution in [2.75, 3.05) is 33.2 Å². The molecule has 6 nitrogen and oxygen atoms in total. The van der Waals surface area contributed by atoms with Crippen LogP contribution in [0.15, 0.2) is 24.3 Å². The van der Waals surface area contributed by atoms with Gasteiger partial charge in [-0.15, -0.1) is 0 Å². The first-order chi connectivity index (χ1) is 10.7. The van der Waals surface area contributed by atoms with Gasteiger partial charge in [0.25, 0.3) is 0 Å². The molecule has 0 radical (unpaired) electrons. The predicted molar refractivity (Wildman–Crippen MR) is 85.5 cm³/mol. The Hall–Kier alpha value is -2.08. The summed E-state index contributed by atoms with van der Waals surface area (Å²) >= 11 is 0. The lowest BCUT2D eigenvalue weighted by Gasteiger charge is -2.28. The minimum atomic E-state index is -0.181. The van der Waals surface area contributed by atoms with Crippen molar-refractivity contribution in [3.8, 4) is 0 Å². The molecule has 3 N–H and O–H groups in total. The van der Waals surface area contributed by atoms with Gasteiger partial charge in [-0.2, -0.15) is 0 Å². The Labute approximate surface area is 131 Å². The van der Waals surface area contributed by atoms with Crippen LogP contribution >= 0.6 is 0 Å². The van der Waals surface area contributed by atoms with E-state index in [-0.39, 0.29) is 18.5 Å². The van der Waals surface area contributed by atoms with Crippen LogP contribution in [0.3, 0.4) is 0 Å². The number of nitrogens with one attached hydrogen (secondary N) is 3. The Morgan fingerprint density at radius 1 is 1.14 bits per heavy atom. The van der Waals surface area contributed by atoms with Gasteiger partial charge < -0.3 is 20.9 Å². The van der Waals surface area contributed by atoms with E-state index in [1.54, 1.807) is 4.90 Å². The molecule has 0 fully saturated rings. The Balaban J connectivity index is 1.71. The van der Waals surface area contributed by atoms with E-state index in [1.165, 1.54) is 11.1 Å². The number of rotatable bonds is 6. The maximum atomic E-state index is 12.1. The Bertz CT molecular complexity index is 519. The fourth-order valence-electron chi connectivity index (χ4n) is 2.49. The number of urea groups is 1. The molecular weight excluding hydrogens is 280 g/mol. The van der Waals surface area contributed by atoms with E-state index in [0.717, 1.165) is 19.4 Å². The van der Waals surface area contributed by atoms with Crippen molar-refractivity contribution in [2.24, 2.45) is 0 Å². The first-order valence-electron chi connectivity index (χ1n) is 7.71. The number of hydrogen-bond acceptors (Lipinski definition) is 3. The molecule has 0 atom stereocenters. The molecule has 0 saturated heterocycles. The maximum Gasteiger partial charge on any atom is 0.318 e. The number of nitrogens with zero attached hydrogens (tertiary/aromatic N) is 1. The molecule has 1 aliphatic heterocycles. The number of carbonyl (C=O) groups excluding carboxylic acids is 2. The topological polar surface area (TPSA) is 73.5 Å². The second kappa shape index (κ2) is 8.38. The summed E-state index contributed by atoms with van der Waals surface area (Å²) in [6.07, 6.45) is 1.74. The lowest BCUT2D eigenvalue weighted by Crippen LogP contribution is -2.46. The minimum absolute atomic E-state index is 0.0243. The molecule has 0 bridgehead atoms. The van der Waals surface area contributed by atoms with Crippen molar-refractivity contribution >= 4 is 11.9 Å². The quantitative estimate of drug-likeness (QED) is 0.669. The molecule has 1 heterocycles. The van der Waals surface area contributed by atoms with Crippen LogP contribution in [0.5, 0.6) is 0 Å². The van der Waals surface area contributed by atoms with Gasteiger partial charge in [-0.1, -0.05) is 24.3 Å². The van der Waals surface area contributed by atoms with Crippen molar-refractivity contribution in [1.82, 2.24) is 20.9 Å². The van der Waals surface area contributed by atoms with Crippen LogP contribution in [0.2, 0.25) is 0 Å². The number of amides is 3. The molecule has 22 heavy (non-hydrogen) atoms. The van der Waals surface area contributed by atoms with Crippen molar-refractivity contribution in [1.29, 1.82) is 0 Å². The van der Waals surface area contributed by atoms with Crippen molar-refractivity contribution < 1.29 is 9.59 Å². The SMILES string of the molecule is CNCCCNC(=O)CNC(=O)N1CCc2ccccc2C1. The maximum absolute atomic E-state index is 12.1. The molecule has 0 aromatic heterocycles. The van der Waals surface area contributed by atoms with Crippen molar-refractivity contribution in [3.63, 3.8) is 0 Å². The monoisotopic (exact) mass is 304 g/mol. The lowest BCUT2D eigenvalue weighted by atomic mass is 10.0. The van der Waals surface area contributed by atoms with Gasteiger partial charge in [0.2, 0.25) is 5.91 Å². The number of hydrogen-bond donors (Lipinski definition) is 3. The van der Waals surface area contributed by atoms with Crippen LogP contribution in [0.1, 0.15) is 17.5 Å². The average Bonchev–Trinajstić information content (AvgIpc) is 2.56. The van der Waals surface area contributed by atoms with E-state index in [1.807, 2.05) is 25.2 Å². The zero-order valence-corrected chi connectivity index (χ0v) is 13.0. The summed E-state index contributed by atoms with van der Waals surface area (Å²) < 4.78 is 0. The summed E-state index contributed by atoms with van der Waals surface area (Å²) in [4.78, 5) is 25.5. The van der Waals surface area contributed by atoms with Crippen LogP contribution in [-0.2, 0) is 17.8 Å². The summed E-state index contributed by atoms with van der Waals surface area (Å²) in [5.74, 6) is -0.151. The molecule has 0 aliphatic carbocycles. The fraction of sp³-hybridized carbons (Fsp3) is 0.500. The molecule has 1 aromatic rings. The van der Waals surface area contributed by atoms with E-state index in [2.05, 4.69) is 22.0 Å². The summed E-state index contributed by atoms with van der Waals surface area (Å²) in [6.45, 7) is 2.79. The molecule has 2 rings (SSSR count). The second-order valence-corrected chi connectivity index (χ2v) is 5.41. The summed E-state index contributed by atoms with van der Waals surface area (Å²) in [5.41, 5.74) is 2.48. The van der Waals surface area contributed by atoms with Crippen LogP contribution in [0, 0.1) is 0 Å². The minimum Gasteiger partial charge on any atom is -0.355 e. The molecule has 1 aliphatic rings. The van der Waals surface area contributed by atoms with Gasteiger partial charge in [-0.05, 0) is 37.6 Å². The fourth-order valence-corrected chi connectivity index (χ4v) is 2.49. The van der Waals surface area contributed by atoms with E-state index < -0.39 is 0 Å². The second-order valence-electron chi connectivity index (χ2n) is 5.41. The highest BCUT2D eigenvalue weighted by Gasteiger charge is 2.20. The molecule has 0 unspecified atom stereocenters. The third-order valence-electron chi connectivity index (χ3n) is 3.74. The Morgan fingerprint density at radius 2 is 1.91 bits per heavy atom. The van der Waals surface area contributed by atoms with Crippen LogP contribution < -0.4 is 16.0 Å². The van der Waals surface area contributed by atoms with E-state index >= 15 is 0 Å². The van der Waals surface area contributed by atoms with Gasteiger partial charge in [0.05, 0.1) is 6.54 Å². The van der Waals surface area contributed by atoms with E-state index in [9.17, 15) is 9.59 Å². The Kier molecular flexibility index (Phi) is 6.21. The van der Waals surface area contributed by atoms with Gasteiger partial charge in [0, 0.05) is 19.6 Å². The normalized spacial score (nSPS) is 13.4. The average molecular weight is 304 g/mol.